The van der Waals surface area contributed by atoms with Crippen molar-refractivity contribution in [3.05, 3.63) is 21.3 Å². The fourth-order valence-corrected chi connectivity index (χ4v) is 4.52. The van der Waals surface area contributed by atoms with E-state index in [1.54, 1.807) is 0 Å². The van der Waals surface area contributed by atoms with E-state index in [2.05, 4.69) is 15.5 Å². The first-order valence-electron chi connectivity index (χ1n) is 7.70. The Labute approximate surface area is 134 Å². The minimum absolute atomic E-state index is 0.00800. The Balaban J connectivity index is 1.52. The van der Waals surface area contributed by atoms with Crippen molar-refractivity contribution in [3.8, 4) is 0 Å². The highest BCUT2D eigenvalue weighted by molar-refractivity contribution is 7.16. The zero-order valence-electron chi connectivity index (χ0n) is 12.3. The Morgan fingerprint density at radius 2 is 2.24 bits per heavy atom. The van der Waals surface area contributed by atoms with Gasteiger partial charge in [0, 0.05) is 23.5 Å². The molecule has 3 atom stereocenters. The molecular weight excluding hydrogens is 306 g/mol. The largest absolute Gasteiger partial charge is 0.334 e. The van der Waals surface area contributed by atoms with Crippen molar-refractivity contribution in [2.45, 2.75) is 50.7 Å². The number of carbonyl (C=O) groups is 1. The quantitative estimate of drug-likeness (QED) is 0.893. The summed E-state index contributed by atoms with van der Waals surface area (Å²) in [7, 11) is 0. The Morgan fingerprint density at radius 3 is 3.00 bits per heavy atom. The highest BCUT2D eigenvalue weighted by Gasteiger charge is 2.36. The molecule has 0 saturated carbocycles. The molecule has 2 N–H and O–H groups in total. The molecule has 0 unspecified atom stereocenters. The molecule has 21 heavy (non-hydrogen) atoms. The molecule has 3 rings (SSSR count). The van der Waals surface area contributed by atoms with E-state index >= 15 is 0 Å². The third-order valence-electron chi connectivity index (χ3n) is 4.54. The molecule has 116 valence electrons. The molecule has 2 fully saturated rings. The second-order valence-electron chi connectivity index (χ2n) is 5.98. The lowest BCUT2D eigenvalue weighted by molar-refractivity contribution is 0.178. The molecule has 0 bridgehead atoms. The van der Waals surface area contributed by atoms with E-state index in [9.17, 15) is 4.79 Å². The maximum absolute atomic E-state index is 12.2. The molecule has 0 spiro atoms. The van der Waals surface area contributed by atoms with E-state index < -0.39 is 0 Å². The molecule has 0 aromatic carbocycles. The van der Waals surface area contributed by atoms with Crippen LogP contribution in [0.15, 0.2) is 12.1 Å². The van der Waals surface area contributed by atoms with Crippen molar-refractivity contribution in [3.63, 3.8) is 0 Å². The summed E-state index contributed by atoms with van der Waals surface area (Å²) in [6.45, 7) is 4.30. The van der Waals surface area contributed by atoms with Crippen LogP contribution in [-0.2, 0) is 0 Å². The Hall–Kier alpha value is -0.780. The van der Waals surface area contributed by atoms with Gasteiger partial charge in [-0.05, 0) is 44.9 Å². The maximum atomic E-state index is 12.2. The van der Waals surface area contributed by atoms with Gasteiger partial charge in [-0.25, -0.2) is 4.79 Å². The maximum Gasteiger partial charge on any atom is 0.315 e. The van der Waals surface area contributed by atoms with Crippen molar-refractivity contribution < 1.29 is 4.79 Å². The fourth-order valence-electron chi connectivity index (χ4n) is 3.45. The van der Waals surface area contributed by atoms with Crippen LogP contribution in [0.3, 0.4) is 0 Å². The lowest BCUT2D eigenvalue weighted by Gasteiger charge is -2.32. The number of hydrogen-bond donors (Lipinski definition) is 2. The van der Waals surface area contributed by atoms with Gasteiger partial charge in [0.15, 0.2) is 0 Å². The number of urea groups is 1. The van der Waals surface area contributed by atoms with Gasteiger partial charge < -0.3 is 10.6 Å². The van der Waals surface area contributed by atoms with E-state index in [4.69, 9.17) is 11.6 Å². The third-order valence-corrected chi connectivity index (χ3v) is 5.95. The number of fused-ring (bicyclic) bond motifs is 1. The number of hydrogen-bond acceptors (Lipinski definition) is 3. The van der Waals surface area contributed by atoms with Gasteiger partial charge >= 0.3 is 6.03 Å². The van der Waals surface area contributed by atoms with Crippen LogP contribution >= 0.6 is 22.9 Å². The summed E-state index contributed by atoms with van der Waals surface area (Å²) in [5.74, 6) is 0. The molecule has 2 aliphatic rings. The molecule has 1 aromatic heterocycles. The summed E-state index contributed by atoms with van der Waals surface area (Å²) < 4.78 is 0.757. The van der Waals surface area contributed by atoms with Gasteiger partial charge in [0.1, 0.15) is 0 Å². The van der Waals surface area contributed by atoms with Gasteiger partial charge in [0.2, 0.25) is 0 Å². The molecule has 6 heteroatoms. The second kappa shape index (κ2) is 6.55. The lowest BCUT2D eigenvalue weighted by atomic mass is 9.99. The minimum Gasteiger partial charge on any atom is -0.334 e. The summed E-state index contributed by atoms with van der Waals surface area (Å²) in [6.07, 6.45) is 4.86. The van der Waals surface area contributed by atoms with Gasteiger partial charge in [-0.15, -0.1) is 11.3 Å². The third kappa shape index (κ3) is 3.52. The highest BCUT2D eigenvalue weighted by Crippen LogP contribution is 2.28. The van der Waals surface area contributed by atoms with Gasteiger partial charge in [-0.1, -0.05) is 18.0 Å². The summed E-state index contributed by atoms with van der Waals surface area (Å²) in [4.78, 5) is 15.8. The minimum atomic E-state index is -0.0653. The molecule has 2 aliphatic heterocycles. The number of amides is 2. The van der Waals surface area contributed by atoms with Crippen molar-refractivity contribution in [2.24, 2.45) is 0 Å². The molecule has 0 aliphatic carbocycles. The predicted molar refractivity (Wildman–Crippen MR) is 87.0 cm³/mol. The normalized spacial score (nSPS) is 27.1. The van der Waals surface area contributed by atoms with Gasteiger partial charge in [-0.2, -0.15) is 0 Å². The molecule has 2 saturated heterocycles. The van der Waals surface area contributed by atoms with Gasteiger partial charge in [0.25, 0.3) is 0 Å². The number of nitrogens with one attached hydrogen (secondary N) is 2. The summed E-state index contributed by atoms with van der Waals surface area (Å²) in [6, 6.07) is 4.60. The summed E-state index contributed by atoms with van der Waals surface area (Å²) >= 11 is 7.45. The van der Waals surface area contributed by atoms with Crippen LogP contribution in [0.2, 0.25) is 4.34 Å². The average molecular weight is 328 g/mol. The topological polar surface area (TPSA) is 44.4 Å². The standard InChI is InChI=1S/C15H22ClN3OS/c1-10(13-5-6-14(16)21-13)17-15(20)18-11-7-9-19-8-3-2-4-12(11)19/h5-6,10-12H,2-4,7-9H2,1H3,(H2,17,18,20)/t10-,11+,12-/m0/s1. The zero-order valence-corrected chi connectivity index (χ0v) is 13.8. The molecule has 0 radical (unpaired) electrons. The number of carbonyl (C=O) groups excluding carboxylic acids is 1. The number of thiophene rings is 1. The SMILES string of the molecule is C[C@H](NC(=O)N[C@@H]1CCN2CCCC[C@@H]12)c1ccc(Cl)s1. The van der Waals surface area contributed by atoms with E-state index in [-0.39, 0.29) is 12.1 Å². The van der Waals surface area contributed by atoms with Gasteiger partial charge in [-0.3, -0.25) is 4.90 Å². The smallest absolute Gasteiger partial charge is 0.315 e. The van der Waals surface area contributed by atoms with E-state index in [0.717, 1.165) is 22.2 Å². The van der Waals surface area contributed by atoms with Crippen molar-refractivity contribution >= 4 is 29.0 Å². The Morgan fingerprint density at radius 1 is 1.38 bits per heavy atom. The van der Waals surface area contributed by atoms with Gasteiger partial charge in [0.05, 0.1) is 10.4 Å². The van der Waals surface area contributed by atoms with Crippen molar-refractivity contribution in [2.75, 3.05) is 13.1 Å². The molecular formula is C15H22ClN3OS. The van der Waals surface area contributed by atoms with Crippen LogP contribution in [0.4, 0.5) is 4.79 Å². The van der Waals surface area contributed by atoms with Crippen LogP contribution in [0.25, 0.3) is 0 Å². The van der Waals surface area contributed by atoms with Crippen molar-refractivity contribution in [1.29, 1.82) is 0 Å². The van der Waals surface area contributed by atoms with Crippen LogP contribution in [0.5, 0.6) is 0 Å². The van der Waals surface area contributed by atoms with Crippen LogP contribution in [0.1, 0.15) is 43.5 Å². The lowest BCUT2D eigenvalue weighted by Crippen LogP contribution is -2.49. The summed E-state index contributed by atoms with van der Waals surface area (Å²) in [5.41, 5.74) is 0. The number of nitrogens with zero attached hydrogens (tertiary/aromatic N) is 1. The van der Waals surface area contributed by atoms with E-state index in [1.807, 2.05) is 19.1 Å². The zero-order chi connectivity index (χ0) is 14.8. The van der Waals surface area contributed by atoms with Crippen LogP contribution < -0.4 is 10.6 Å². The number of rotatable bonds is 3. The highest BCUT2D eigenvalue weighted by atomic mass is 35.5. The average Bonchev–Trinajstić information content (AvgIpc) is 3.06. The van der Waals surface area contributed by atoms with Crippen molar-refractivity contribution in [1.82, 2.24) is 15.5 Å². The first kappa shape index (κ1) is 15.1. The Kier molecular flexibility index (Phi) is 4.72. The second-order valence-corrected chi connectivity index (χ2v) is 7.72. The first-order chi connectivity index (χ1) is 10.1. The monoisotopic (exact) mass is 327 g/mol. The molecule has 3 heterocycles. The molecule has 1 aromatic rings. The van der Waals surface area contributed by atoms with E-state index in [1.165, 1.54) is 37.1 Å². The number of halogens is 1. The van der Waals surface area contributed by atoms with Crippen LogP contribution in [0, 0.1) is 0 Å². The molecule has 4 nitrogen and oxygen atoms in total. The van der Waals surface area contributed by atoms with Crippen LogP contribution in [-0.4, -0.2) is 36.1 Å². The van der Waals surface area contributed by atoms with E-state index in [0.29, 0.717) is 12.1 Å². The number of piperidine rings is 1. The Bertz CT molecular complexity index is 507. The first-order valence-corrected chi connectivity index (χ1v) is 8.89. The molecule has 2 amide bonds. The predicted octanol–water partition coefficient (Wildman–Crippen LogP) is 3.39. The summed E-state index contributed by atoms with van der Waals surface area (Å²) in [5, 5.41) is 6.18. The fraction of sp³-hybridized carbons (Fsp3) is 0.667.